The smallest absolute Gasteiger partial charge is 0.294 e. The summed E-state index contributed by atoms with van der Waals surface area (Å²) >= 11 is 0. The molecule has 0 aliphatic carbocycles. The standard InChI is InChI=1S/C62H40O18P2S4/c1-75-57-5-3-7-59(81(33-9-17-49-41(25-33)45-29-37(83(63,64)65)13-21-53(45)77-49)34-10-18-50-42(26-34)46-30-38(84(66,67)68)14-22-54(46)78-50)61(57)62-58(76-2)6-4-8-60(62)82(35-11-19-51-43(27-35)47-31-39(85(69,70)71)15-23-55(47)79-51)36-12-20-52-44(28-36)48-32-40(86(72,73)74)16-24-56(48)80-52/h3-32H,1-2H3,(H,63,64,65)(H,66,67,68)(H,69,70,71)(H,72,73,74). The maximum absolute atomic E-state index is 12.5. The highest BCUT2D eigenvalue weighted by Crippen LogP contribution is 2.49. The Bertz CT molecular complexity index is 5080. The van der Waals surface area contributed by atoms with Crippen molar-refractivity contribution in [1.29, 1.82) is 0 Å². The second-order valence-electron chi connectivity index (χ2n) is 20.0. The lowest BCUT2D eigenvalue weighted by Gasteiger charge is -2.28. The van der Waals surface area contributed by atoms with Crippen LogP contribution in [0.2, 0.25) is 0 Å². The topological polar surface area (TPSA) is 288 Å². The molecule has 0 aliphatic rings. The molecule has 18 nitrogen and oxygen atoms in total. The Balaban J connectivity index is 1.07. The fraction of sp³-hybridized carbons (Fsp3) is 0.0323. The number of ether oxygens (including phenoxy) is 2. The van der Waals surface area contributed by atoms with Gasteiger partial charge < -0.3 is 27.1 Å². The Morgan fingerprint density at radius 2 is 0.523 bits per heavy atom. The van der Waals surface area contributed by atoms with Crippen LogP contribution in [-0.2, 0) is 40.5 Å². The minimum absolute atomic E-state index is 0.344. The van der Waals surface area contributed by atoms with Gasteiger partial charge >= 0.3 is 0 Å². The highest BCUT2D eigenvalue weighted by atomic mass is 32.2. The van der Waals surface area contributed by atoms with Gasteiger partial charge in [0.1, 0.15) is 56.2 Å². The predicted octanol–water partition coefficient (Wildman–Crippen LogP) is 11.5. The predicted molar refractivity (Wildman–Crippen MR) is 331 cm³/mol. The molecule has 0 radical (unpaired) electrons. The highest BCUT2D eigenvalue weighted by Gasteiger charge is 2.32. The summed E-state index contributed by atoms with van der Waals surface area (Å²) in [6.07, 6.45) is 0. The van der Waals surface area contributed by atoms with Gasteiger partial charge in [0.2, 0.25) is 0 Å². The third kappa shape index (κ3) is 9.37. The SMILES string of the molecule is COc1cccc(P(c2ccc3oc4ccc(S(=O)(=O)O)cc4c3c2)c2ccc3oc4ccc(S(=O)(=O)O)cc4c3c2)c1-c1c(OC)cccc1P(c1ccc2oc3ccc(S(=O)(=O)O)cc3c2c1)c1ccc2oc3ccc(S(=O)(=O)O)cc3c2c1. The monoisotopic (exact) mass is 1260 g/mol. The van der Waals surface area contributed by atoms with Crippen LogP contribution in [0.15, 0.2) is 219 Å². The van der Waals surface area contributed by atoms with E-state index in [-0.39, 0.29) is 19.6 Å². The number of furan rings is 4. The van der Waals surface area contributed by atoms with E-state index in [9.17, 15) is 51.9 Å². The van der Waals surface area contributed by atoms with Gasteiger partial charge in [-0.25, -0.2) is 0 Å². The number of hydrogen-bond donors (Lipinski definition) is 4. The van der Waals surface area contributed by atoms with Gasteiger partial charge in [0.15, 0.2) is 0 Å². The van der Waals surface area contributed by atoms with E-state index in [2.05, 4.69) is 0 Å². The van der Waals surface area contributed by atoms with E-state index in [1.54, 1.807) is 24.3 Å². The molecule has 24 heteroatoms. The first-order valence-electron chi connectivity index (χ1n) is 25.7. The van der Waals surface area contributed by atoms with Crippen LogP contribution in [-0.4, -0.2) is 66.1 Å². The lowest BCUT2D eigenvalue weighted by Crippen LogP contribution is -2.26. The van der Waals surface area contributed by atoms with Crippen LogP contribution >= 0.6 is 15.8 Å². The zero-order chi connectivity index (χ0) is 59.9. The summed E-state index contributed by atoms with van der Waals surface area (Å²) in [6, 6.07) is 49.7. The number of rotatable bonds is 13. The second kappa shape index (κ2) is 20.0. The van der Waals surface area contributed by atoms with Crippen LogP contribution in [0.25, 0.3) is 98.9 Å². The third-order valence-corrected chi connectivity index (χ3v) is 23.4. The Hall–Kier alpha value is -8.50. The van der Waals surface area contributed by atoms with Crippen molar-refractivity contribution in [2.75, 3.05) is 14.2 Å². The molecule has 4 aromatic heterocycles. The van der Waals surface area contributed by atoms with E-state index in [0.29, 0.717) is 142 Å². The number of methoxy groups -OCH3 is 2. The molecule has 0 saturated carbocycles. The Labute approximate surface area is 490 Å². The van der Waals surface area contributed by atoms with Crippen LogP contribution in [0.4, 0.5) is 0 Å². The molecule has 10 aromatic carbocycles. The molecular formula is C62H40O18P2S4. The maximum atomic E-state index is 12.5. The van der Waals surface area contributed by atoms with Crippen molar-refractivity contribution in [1.82, 2.24) is 0 Å². The third-order valence-electron chi connectivity index (χ3n) is 15.1. The first-order chi connectivity index (χ1) is 41.0. The van der Waals surface area contributed by atoms with Crippen LogP contribution in [0.3, 0.4) is 0 Å². The van der Waals surface area contributed by atoms with Gasteiger partial charge in [-0.2, -0.15) is 33.7 Å². The molecule has 0 atom stereocenters. The molecule has 0 bridgehead atoms. The Kier molecular flexibility index (Phi) is 12.9. The fourth-order valence-electron chi connectivity index (χ4n) is 11.3. The van der Waals surface area contributed by atoms with E-state index in [1.807, 2.05) is 84.9 Å². The molecule has 0 aliphatic heterocycles. The summed E-state index contributed by atoms with van der Waals surface area (Å²) in [7, 11) is -19.2. The number of benzene rings is 10. The molecule has 14 rings (SSSR count). The molecule has 0 saturated heterocycles. The van der Waals surface area contributed by atoms with Crippen molar-refractivity contribution < 1.29 is 79.0 Å². The molecule has 14 aromatic rings. The summed E-state index contributed by atoms with van der Waals surface area (Å²) in [6.45, 7) is 0. The second-order valence-corrected chi connectivity index (χ2v) is 30.1. The van der Waals surface area contributed by atoms with Crippen LogP contribution in [0, 0.1) is 0 Å². The lowest BCUT2D eigenvalue weighted by molar-refractivity contribution is 0.411. The van der Waals surface area contributed by atoms with Gasteiger partial charge in [-0.15, -0.1) is 0 Å². The van der Waals surface area contributed by atoms with Gasteiger partial charge in [-0.1, -0.05) is 48.5 Å². The molecular weight excluding hydrogens is 1220 g/mol. The van der Waals surface area contributed by atoms with Gasteiger partial charge in [0.25, 0.3) is 40.5 Å². The lowest BCUT2D eigenvalue weighted by atomic mass is 10.0. The summed E-state index contributed by atoms with van der Waals surface area (Å²) in [5.74, 6) is 0.804. The van der Waals surface area contributed by atoms with Gasteiger partial charge in [0.05, 0.1) is 33.8 Å². The van der Waals surface area contributed by atoms with Crippen molar-refractivity contribution in [3.8, 4) is 22.6 Å². The summed E-state index contributed by atoms with van der Waals surface area (Å²) in [5.41, 5.74) is 4.20. The fourth-order valence-corrected chi connectivity index (χ4v) is 18.3. The number of hydrogen-bond acceptors (Lipinski definition) is 14. The first kappa shape index (κ1) is 55.4. The molecule has 0 amide bonds. The molecule has 4 N–H and O–H groups in total. The van der Waals surface area contributed by atoms with Crippen LogP contribution in [0.5, 0.6) is 11.5 Å². The average molecular weight is 1260 g/mol. The van der Waals surface area contributed by atoms with Crippen LogP contribution < -0.4 is 41.3 Å². The first-order valence-corrected chi connectivity index (χ1v) is 34.2. The molecule has 0 unspecified atom stereocenters. The van der Waals surface area contributed by atoms with Crippen molar-refractivity contribution >= 4 is 176 Å². The van der Waals surface area contributed by atoms with E-state index >= 15 is 0 Å². The zero-order valence-corrected chi connectivity index (χ0v) is 49.4. The minimum Gasteiger partial charge on any atom is -0.496 e. The van der Waals surface area contributed by atoms with Gasteiger partial charge in [-0.05, 0) is 181 Å². The molecule has 86 heavy (non-hydrogen) atoms. The summed E-state index contributed by atoms with van der Waals surface area (Å²) in [5, 5.41) is 7.88. The van der Waals surface area contributed by atoms with Gasteiger partial charge in [-0.3, -0.25) is 18.2 Å². The largest absolute Gasteiger partial charge is 0.496 e. The maximum Gasteiger partial charge on any atom is 0.294 e. The van der Waals surface area contributed by atoms with Crippen molar-refractivity contribution in [3.63, 3.8) is 0 Å². The van der Waals surface area contributed by atoms with Crippen molar-refractivity contribution in [2.45, 2.75) is 19.6 Å². The average Bonchev–Trinajstić information content (AvgIpc) is 1.46. The van der Waals surface area contributed by atoms with Crippen molar-refractivity contribution in [2.24, 2.45) is 0 Å². The molecule has 430 valence electrons. The Morgan fingerprint density at radius 1 is 0.302 bits per heavy atom. The minimum atomic E-state index is -4.65. The zero-order valence-electron chi connectivity index (χ0n) is 44.4. The quantitative estimate of drug-likeness (QED) is 0.0616. The van der Waals surface area contributed by atoms with E-state index in [0.717, 1.165) is 0 Å². The van der Waals surface area contributed by atoms with Crippen molar-refractivity contribution in [3.05, 3.63) is 182 Å². The summed E-state index contributed by atoms with van der Waals surface area (Å²) in [4.78, 5) is -1.38. The Morgan fingerprint density at radius 3 is 0.744 bits per heavy atom. The normalized spacial score (nSPS) is 12.9. The van der Waals surface area contributed by atoms with Crippen LogP contribution in [0.1, 0.15) is 0 Å². The molecule has 0 fully saturated rings. The molecule has 0 spiro atoms. The molecule has 4 heterocycles. The van der Waals surface area contributed by atoms with Gasteiger partial charge in [0, 0.05) is 54.2 Å². The van der Waals surface area contributed by atoms with E-state index in [1.165, 1.54) is 87.0 Å². The van der Waals surface area contributed by atoms with E-state index in [4.69, 9.17) is 27.1 Å². The highest BCUT2D eigenvalue weighted by molar-refractivity contribution is 7.86. The number of fused-ring (bicyclic) bond motifs is 12. The van der Waals surface area contributed by atoms with E-state index < -0.39 is 56.3 Å². The summed E-state index contributed by atoms with van der Waals surface area (Å²) < 4.78 is 179.